The van der Waals surface area contributed by atoms with E-state index in [0.29, 0.717) is 5.75 Å². The zero-order valence-corrected chi connectivity index (χ0v) is 15.8. The van der Waals surface area contributed by atoms with Crippen molar-refractivity contribution in [2.24, 2.45) is 0 Å². The number of aromatic hydroxyl groups is 1. The van der Waals surface area contributed by atoms with Gasteiger partial charge in [-0.15, -0.1) is 0 Å². The number of rotatable bonds is 3. The maximum Gasteiger partial charge on any atom is 0.131 e. The number of benzene rings is 4. The van der Waals surface area contributed by atoms with Gasteiger partial charge in [0.1, 0.15) is 13.6 Å². The van der Waals surface area contributed by atoms with Crippen molar-refractivity contribution in [3.8, 4) is 16.9 Å². The molecule has 27 heavy (non-hydrogen) atoms. The molecule has 0 aromatic heterocycles. The predicted molar refractivity (Wildman–Crippen MR) is 115 cm³/mol. The van der Waals surface area contributed by atoms with Crippen molar-refractivity contribution in [1.82, 2.24) is 0 Å². The molecule has 0 atom stereocenters. The summed E-state index contributed by atoms with van der Waals surface area (Å²) in [4.78, 5) is 0. The molecule has 0 aliphatic heterocycles. The number of hydrogen-bond acceptors (Lipinski definition) is 2. The molecule has 0 amide bonds. The highest BCUT2D eigenvalue weighted by molar-refractivity contribution is 7.61. The van der Waals surface area contributed by atoms with Crippen LogP contribution in [-0.2, 0) is 4.57 Å². The summed E-state index contributed by atoms with van der Waals surface area (Å²) < 4.78 is 12.0. The lowest BCUT2D eigenvalue weighted by atomic mass is 10.1. The molecule has 4 rings (SSSR count). The van der Waals surface area contributed by atoms with Crippen LogP contribution in [0.15, 0.2) is 115 Å². The highest BCUT2D eigenvalue weighted by Crippen LogP contribution is 2.27. The largest absolute Gasteiger partial charge is 0.507 e. The van der Waals surface area contributed by atoms with E-state index in [4.69, 9.17) is 0 Å². The van der Waals surface area contributed by atoms with E-state index in [9.17, 15) is 9.67 Å². The summed E-state index contributed by atoms with van der Waals surface area (Å²) >= 11 is 0. The van der Waals surface area contributed by atoms with Crippen molar-refractivity contribution in [2.45, 2.75) is 0 Å². The van der Waals surface area contributed by atoms with Crippen LogP contribution < -0.4 is 10.6 Å². The van der Waals surface area contributed by atoms with Gasteiger partial charge in [-0.25, -0.2) is 0 Å². The molecule has 134 valence electrons. The lowest BCUT2D eigenvalue weighted by molar-refractivity contribution is 0.477. The van der Waals surface area contributed by atoms with Gasteiger partial charge in [-0.3, -0.25) is 0 Å². The van der Waals surface area contributed by atoms with Crippen molar-refractivity contribution in [3.05, 3.63) is 115 Å². The molecule has 2 nitrogen and oxygen atoms in total. The molecule has 0 saturated heterocycles. The smallest absolute Gasteiger partial charge is 0.131 e. The summed E-state index contributed by atoms with van der Waals surface area (Å²) in [6.07, 6.45) is 0. The van der Waals surface area contributed by atoms with Gasteiger partial charge in [0.25, 0.3) is 0 Å². The molecule has 0 radical (unpaired) electrons. The summed E-state index contributed by atoms with van der Waals surface area (Å²) in [5.41, 5.74) is 1.92. The minimum absolute atomic E-state index is 0.328. The fraction of sp³-hybridized carbons (Fsp3) is 0. The van der Waals surface area contributed by atoms with Crippen molar-refractivity contribution < 1.29 is 9.67 Å². The van der Waals surface area contributed by atoms with Gasteiger partial charge in [0.15, 0.2) is 0 Å². The average molecular weight is 372 g/mol. The Bertz CT molecular complexity index is 943. The van der Waals surface area contributed by atoms with Gasteiger partial charge in [0, 0.05) is 16.2 Å². The fourth-order valence-electron chi connectivity index (χ4n) is 2.68. The summed E-state index contributed by atoms with van der Waals surface area (Å²) in [6.45, 7) is 0. The second-order valence-electron chi connectivity index (χ2n) is 5.94. The minimum atomic E-state index is -1.79. The lowest BCUT2D eigenvalue weighted by Gasteiger charge is -2.02. The maximum atomic E-state index is 12.0. The molecular weight excluding hydrogens is 351 g/mol. The molecule has 1 N–H and O–H groups in total. The number of phenols is 1. The average Bonchev–Trinajstić information content (AvgIpc) is 2.76. The van der Waals surface area contributed by atoms with Crippen LogP contribution in [0, 0.1) is 0 Å². The third-order valence-corrected chi connectivity index (χ3v) is 5.78. The van der Waals surface area contributed by atoms with E-state index in [1.54, 1.807) is 6.07 Å². The van der Waals surface area contributed by atoms with Gasteiger partial charge >= 0.3 is 0 Å². The molecular formula is C24H21O2P. The van der Waals surface area contributed by atoms with E-state index in [1.165, 1.54) is 0 Å². The summed E-state index contributed by atoms with van der Waals surface area (Å²) in [7, 11) is -1.79. The van der Waals surface area contributed by atoms with Gasteiger partial charge in [-0.1, -0.05) is 109 Å². The van der Waals surface area contributed by atoms with E-state index < -0.39 is 7.80 Å². The lowest BCUT2D eigenvalue weighted by Crippen LogP contribution is -2.04. The van der Waals surface area contributed by atoms with Gasteiger partial charge in [0.2, 0.25) is 0 Å². The summed E-state index contributed by atoms with van der Waals surface area (Å²) in [5, 5.41) is 11.4. The van der Waals surface area contributed by atoms with Crippen molar-refractivity contribution in [2.75, 3.05) is 0 Å². The van der Waals surface area contributed by atoms with Crippen LogP contribution in [0.3, 0.4) is 0 Å². The molecule has 4 aromatic rings. The van der Waals surface area contributed by atoms with Crippen molar-refractivity contribution in [1.29, 1.82) is 0 Å². The van der Waals surface area contributed by atoms with E-state index >= 15 is 0 Å². The van der Waals surface area contributed by atoms with E-state index in [0.717, 1.165) is 21.7 Å². The Balaban J connectivity index is 0.000000156. The molecule has 0 aliphatic rings. The number of hydrogen-bond donors (Lipinski definition) is 1. The second kappa shape index (κ2) is 9.56. The molecule has 0 heterocycles. The number of para-hydroxylation sites is 1. The Labute approximate surface area is 160 Å². The molecule has 0 bridgehead atoms. The Morgan fingerprint density at radius 3 is 1.41 bits per heavy atom. The summed E-state index contributed by atoms with van der Waals surface area (Å²) in [5.74, 6) is 0.328. The van der Waals surface area contributed by atoms with Crippen LogP contribution in [0.1, 0.15) is 0 Å². The third-order valence-electron chi connectivity index (χ3n) is 4.06. The summed E-state index contributed by atoms with van der Waals surface area (Å²) in [6, 6.07) is 36.4. The Kier molecular flexibility index (Phi) is 6.62. The zero-order valence-electron chi connectivity index (χ0n) is 14.8. The van der Waals surface area contributed by atoms with Crippen LogP contribution in [0.5, 0.6) is 5.75 Å². The minimum Gasteiger partial charge on any atom is -0.507 e. The van der Waals surface area contributed by atoms with Gasteiger partial charge in [-0.05, 0) is 11.6 Å². The standard InChI is InChI=1S/C12H11OP.C12H10O/c13-14(11-7-3-1-4-8-11)12-9-5-2-6-10-12;13-12-9-5-4-8-11(12)10-6-2-1-3-7-10/h1-10,14H;1-9,13H. The first-order chi connectivity index (χ1) is 13.3. The highest BCUT2D eigenvalue weighted by Gasteiger charge is 2.04. The topological polar surface area (TPSA) is 37.3 Å². The molecule has 0 fully saturated rings. The molecule has 0 saturated carbocycles. The number of phenolic OH excluding ortho intramolecular Hbond substituents is 1. The monoisotopic (exact) mass is 372 g/mol. The molecule has 3 heteroatoms. The maximum absolute atomic E-state index is 12.0. The van der Waals surface area contributed by atoms with Crippen LogP contribution in [0.25, 0.3) is 11.1 Å². The van der Waals surface area contributed by atoms with Crippen LogP contribution in [0.4, 0.5) is 0 Å². The zero-order chi connectivity index (χ0) is 18.9. The Morgan fingerprint density at radius 1 is 0.519 bits per heavy atom. The van der Waals surface area contributed by atoms with E-state index in [2.05, 4.69) is 0 Å². The van der Waals surface area contributed by atoms with Gasteiger partial charge in [0.05, 0.1) is 0 Å². The second-order valence-corrected chi connectivity index (χ2v) is 7.76. The first kappa shape index (κ1) is 18.7. The highest BCUT2D eigenvalue weighted by atomic mass is 31.1. The van der Waals surface area contributed by atoms with Crippen LogP contribution in [-0.4, -0.2) is 5.11 Å². The molecule has 4 aromatic carbocycles. The third kappa shape index (κ3) is 5.20. The predicted octanol–water partition coefficient (Wildman–Crippen LogP) is 5.26. The van der Waals surface area contributed by atoms with Crippen molar-refractivity contribution in [3.63, 3.8) is 0 Å². The molecule has 0 aliphatic carbocycles. The first-order valence-corrected chi connectivity index (χ1v) is 10.1. The SMILES string of the molecule is O=[PH](c1ccccc1)c1ccccc1.Oc1ccccc1-c1ccccc1. The van der Waals surface area contributed by atoms with Gasteiger partial charge < -0.3 is 9.67 Å². The Hall–Kier alpha value is -3.09. The van der Waals surface area contributed by atoms with Crippen LogP contribution in [0.2, 0.25) is 0 Å². The fourth-order valence-corrected chi connectivity index (χ4v) is 4.00. The van der Waals surface area contributed by atoms with Gasteiger partial charge in [-0.2, -0.15) is 0 Å². The van der Waals surface area contributed by atoms with E-state index in [1.807, 2.05) is 109 Å². The molecule has 0 spiro atoms. The molecule has 0 unspecified atom stereocenters. The Morgan fingerprint density at radius 2 is 0.926 bits per heavy atom. The quantitative estimate of drug-likeness (QED) is 0.498. The van der Waals surface area contributed by atoms with Crippen LogP contribution >= 0.6 is 7.80 Å². The van der Waals surface area contributed by atoms with E-state index in [-0.39, 0.29) is 0 Å². The normalized spacial score (nSPS) is 10.1. The van der Waals surface area contributed by atoms with Crippen molar-refractivity contribution >= 4 is 18.4 Å². The first-order valence-electron chi connectivity index (χ1n) is 8.74.